The normalized spacial score (nSPS) is 17.5. The predicted molar refractivity (Wildman–Crippen MR) is 96.5 cm³/mol. The fraction of sp³-hybridized carbons (Fsp3) is 0.368. The van der Waals surface area contributed by atoms with E-state index in [0.717, 1.165) is 24.9 Å². The number of aliphatic hydroxyl groups is 1. The van der Waals surface area contributed by atoms with Crippen LogP contribution in [0.1, 0.15) is 41.6 Å². The molecule has 27 heavy (non-hydrogen) atoms. The number of likely N-dealkylation sites (tertiary alicyclic amines) is 1. The number of aliphatic hydroxyl groups excluding tert-OH is 1. The van der Waals surface area contributed by atoms with E-state index in [1.54, 1.807) is 25.5 Å². The van der Waals surface area contributed by atoms with Gasteiger partial charge in [0.05, 0.1) is 18.3 Å². The van der Waals surface area contributed by atoms with Crippen LogP contribution in [-0.2, 0) is 13.2 Å². The van der Waals surface area contributed by atoms with Gasteiger partial charge in [-0.1, -0.05) is 5.16 Å². The number of nitrogens with zero attached hydrogens (tertiary/aromatic N) is 5. The Bertz CT molecular complexity index is 928. The van der Waals surface area contributed by atoms with Gasteiger partial charge in [0.2, 0.25) is 11.7 Å². The molecule has 0 saturated carbocycles. The molecule has 3 aromatic heterocycles. The molecule has 0 unspecified atom stereocenters. The summed E-state index contributed by atoms with van der Waals surface area (Å²) < 4.78 is 5.53. The van der Waals surface area contributed by atoms with Crippen LogP contribution in [0.25, 0.3) is 11.4 Å². The standard InChI is InChI=1S/C19H21N5O3/c1-12-17(26)15(14(11-25)9-21-12)10-24-8-2-3-16(24)19-22-18(23-27-19)13-4-6-20-7-5-13/h4-7,9,16,25-26H,2-3,8,10-11H2,1H3/t16-/m0/s1. The molecule has 8 heteroatoms. The summed E-state index contributed by atoms with van der Waals surface area (Å²) in [5.41, 5.74) is 2.74. The maximum absolute atomic E-state index is 10.4. The van der Waals surface area contributed by atoms with Crippen LogP contribution in [0.3, 0.4) is 0 Å². The third-order valence-electron chi connectivity index (χ3n) is 4.99. The fourth-order valence-corrected chi connectivity index (χ4v) is 3.48. The van der Waals surface area contributed by atoms with Gasteiger partial charge in [-0.3, -0.25) is 14.9 Å². The van der Waals surface area contributed by atoms with E-state index in [2.05, 4.69) is 25.0 Å². The van der Waals surface area contributed by atoms with Gasteiger partial charge in [0.1, 0.15) is 5.75 Å². The van der Waals surface area contributed by atoms with Crippen molar-refractivity contribution in [2.75, 3.05) is 6.54 Å². The van der Waals surface area contributed by atoms with Crippen molar-refractivity contribution in [1.82, 2.24) is 25.0 Å². The summed E-state index contributed by atoms with van der Waals surface area (Å²) in [4.78, 5) is 14.9. The van der Waals surface area contributed by atoms with Crippen LogP contribution in [0, 0.1) is 6.92 Å². The highest BCUT2D eigenvalue weighted by molar-refractivity contribution is 5.52. The Kier molecular flexibility index (Phi) is 4.83. The Balaban J connectivity index is 1.59. The molecule has 0 amide bonds. The summed E-state index contributed by atoms with van der Waals surface area (Å²) in [6.07, 6.45) is 6.90. The second-order valence-electron chi connectivity index (χ2n) is 6.67. The zero-order valence-corrected chi connectivity index (χ0v) is 15.0. The zero-order valence-electron chi connectivity index (χ0n) is 15.0. The van der Waals surface area contributed by atoms with Crippen molar-refractivity contribution in [3.63, 3.8) is 0 Å². The van der Waals surface area contributed by atoms with Crippen molar-refractivity contribution in [3.05, 3.63) is 53.4 Å². The molecule has 1 aliphatic rings. The molecule has 4 heterocycles. The van der Waals surface area contributed by atoms with Gasteiger partial charge in [-0.05, 0) is 38.4 Å². The third kappa shape index (κ3) is 3.41. The minimum absolute atomic E-state index is 0.0208. The first kappa shape index (κ1) is 17.6. The number of aryl methyl sites for hydroxylation is 1. The average Bonchev–Trinajstić information content (AvgIpc) is 3.35. The zero-order chi connectivity index (χ0) is 18.8. The third-order valence-corrected chi connectivity index (χ3v) is 4.99. The highest BCUT2D eigenvalue weighted by Gasteiger charge is 2.32. The first-order valence-electron chi connectivity index (χ1n) is 8.92. The lowest BCUT2D eigenvalue weighted by atomic mass is 10.1. The van der Waals surface area contributed by atoms with Crippen molar-refractivity contribution in [2.45, 2.75) is 39.0 Å². The summed E-state index contributed by atoms with van der Waals surface area (Å²) >= 11 is 0. The van der Waals surface area contributed by atoms with Gasteiger partial charge < -0.3 is 14.7 Å². The van der Waals surface area contributed by atoms with Crippen molar-refractivity contribution in [1.29, 1.82) is 0 Å². The van der Waals surface area contributed by atoms with Crippen LogP contribution >= 0.6 is 0 Å². The van der Waals surface area contributed by atoms with Crippen molar-refractivity contribution < 1.29 is 14.7 Å². The number of aromatic hydroxyl groups is 1. The lowest BCUT2D eigenvalue weighted by molar-refractivity contribution is 0.196. The van der Waals surface area contributed by atoms with E-state index in [1.165, 1.54) is 0 Å². The first-order valence-corrected chi connectivity index (χ1v) is 8.92. The van der Waals surface area contributed by atoms with Crippen LogP contribution in [0.2, 0.25) is 0 Å². The van der Waals surface area contributed by atoms with Gasteiger partial charge in [-0.2, -0.15) is 4.98 Å². The molecule has 0 bridgehead atoms. The van der Waals surface area contributed by atoms with E-state index < -0.39 is 0 Å². The van der Waals surface area contributed by atoms with E-state index in [9.17, 15) is 10.2 Å². The van der Waals surface area contributed by atoms with E-state index >= 15 is 0 Å². The maximum Gasteiger partial charge on any atom is 0.244 e. The highest BCUT2D eigenvalue weighted by Crippen LogP contribution is 2.35. The SMILES string of the molecule is Cc1ncc(CO)c(CN2CCC[C@H]2c2nc(-c3ccncc3)no2)c1O. The lowest BCUT2D eigenvalue weighted by Gasteiger charge is -2.23. The molecule has 1 saturated heterocycles. The Morgan fingerprint density at radius 2 is 2.11 bits per heavy atom. The van der Waals surface area contributed by atoms with Crippen molar-refractivity contribution >= 4 is 0 Å². The fourth-order valence-electron chi connectivity index (χ4n) is 3.48. The summed E-state index contributed by atoms with van der Waals surface area (Å²) in [7, 11) is 0. The Hall–Kier alpha value is -2.84. The van der Waals surface area contributed by atoms with Crippen LogP contribution in [0.4, 0.5) is 0 Å². The van der Waals surface area contributed by atoms with Gasteiger partial charge in [0.15, 0.2) is 0 Å². The smallest absolute Gasteiger partial charge is 0.244 e. The summed E-state index contributed by atoms with van der Waals surface area (Å²) in [6.45, 7) is 2.92. The minimum atomic E-state index is -0.165. The molecule has 140 valence electrons. The number of pyridine rings is 2. The van der Waals surface area contributed by atoms with Crippen LogP contribution in [0.15, 0.2) is 35.2 Å². The Labute approximate surface area is 156 Å². The van der Waals surface area contributed by atoms with E-state index in [-0.39, 0.29) is 18.4 Å². The number of rotatable bonds is 5. The van der Waals surface area contributed by atoms with E-state index in [1.807, 2.05) is 12.1 Å². The van der Waals surface area contributed by atoms with E-state index in [0.29, 0.717) is 35.1 Å². The maximum atomic E-state index is 10.4. The van der Waals surface area contributed by atoms with Gasteiger partial charge in [0.25, 0.3) is 0 Å². The quantitative estimate of drug-likeness (QED) is 0.707. The Morgan fingerprint density at radius 1 is 1.30 bits per heavy atom. The monoisotopic (exact) mass is 367 g/mol. The van der Waals surface area contributed by atoms with Gasteiger partial charge in [-0.15, -0.1) is 0 Å². The van der Waals surface area contributed by atoms with Crippen LogP contribution in [-0.4, -0.2) is 41.8 Å². The molecule has 0 aliphatic carbocycles. The molecular formula is C19H21N5O3. The molecule has 4 rings (SSSR count). The minimum Gasteiger partial charge on any atom is -0.506 e. The molecule has 0 aromatic carbocycles. The predicted octanol–water partition coefficient (Wildman–Crippen LogP) is 2.37. The Morgan fingerprint density at radius 3 is 2.89 bits per heavy atom. The average molecular weight is 367 g/mol. The molecule has 8 nitrogen and oxygen atoms in total. The number of aromatic nitrogens is 4. The summed E-state index contributed by atoms with van der Waals surface area (Å²) in [6, 6.07) is 3.66. The molecule has 0 radical (unpaired) electrons. The topological polar surface area (TPSA) is 108 Å². The molecular weight excluding hydrogens is 346 g/mol. The molecule has 0 spiro atoms. The first-order chi connectivity index (χ1) is 13.2. The number of hydrogen-bond acceptors (Lipinski definition) is 8. The highest BCUT2D eigenvalue weighted by atomic mass is 16.5. The van der Waals surface area contributed by atoms with Crippen LogP contribution in [0.5, 0.6) is 5.75 Å². The molecule has 1 aliphatic heterocycles. The van der Waals surface area contributed by atoms with Gasteiger partial charge >= 0.3 is 0 Å². The molecule has 1 atom stereocenters. The largest absolute Gasteiger partial charge is 0.506 e. The van der Waals surface area contributed by atoms with Gasteiger partial charge in [0, 0.05) is 41.8 Å². The van der Waals surface area contributed by atoms with Gasteiger partial charge in [-0.25, -0.2) is 0 Å². The molecule has 2 N–H and O–H groups in total. The summed E-state index contributed by atoms with van der Waals surface area (Å²) in [5.74, 6) is 1.24. The second kappa shape index (κ2) is 7.42. The lowest BCUT2D eigenvalue weighted by Crippen LogP contribution is -2.24. The van der Waals surface area contributed by atoms with Crippen molar-refractivity contribution in [3.8, 4) is 17.1 Å². The molecule has 3 aromatic rings. The number of hydrogen-bond donors (Lipinski definition) is 2. The summed E-state index contributed by atoms with van der Waals surface area (Å²) in [5, 5.41) is 24.1. The second-order valence-corrected chi connectivity index (χ2v) is 6.67. The van der Waals surface area contributed by atoms with Crippen molar-refractivity contribution in [2.24, 2.45) is 0 Å². The molecule has 1 fully saturated rings. The van der Waals surface area contributed by atoms with E-state index in [4.69, 9.17) is 4.52 Å². The van der Waals surface area contributed by atoms with Crippen LogP contribution < -0.4 is 0 Å².